The summed E-state index contributed by atoms with van der Waals surface area (Å²) in [6.07, 6.45) is 0. The summed E-state index contributed by atoms with van der Waals surface area (Å²) in [4.78, 5) is 0. The fraction of sp³-hybridized carbons (Fsp3) is 0.0667. The van der Waals surface area contributed by atoms with Crippen molar-refractivity contribution in [2.45, 2.75) is 6.61 Å². The van der Waals surface area contributed by atoms with Crippen molar-refractivity contribution in [2.75, 3.05) is 0 Å². The Morgan fingerprint density at radius 2 is 1.50 bits per heavy atom. The van der Waals surface area contributed by atoms with Gasteiger partial charge in [-0.25, -0.2) is 0 Å². The Morgan fingerprint density at radius 1 is 0.833 bits per heavy atom. The minimum Gasteiger partial charge on any atom is -0.507 e. The van der Waals surface area contributed by atoms with Gasteiger partial charge in [-0.05, 0) is 34.4 Å². The number of benzene rings is 3. The predicted octanol–water partition coefficient (Wildman–Crippen LogP) is 2.90. The largest absolute Gasteiger partial charge is 0.507 e. The van der Waals surface area contributed by atoms with Crippen LogP contribution in [0.4, 0.5) is 0 Å². The lowest BCUT2D eigenvalue weighted by molar-refractivity contribution is 0.269. The van der Waals surface area contributed by atoms with Gasteiger partial charge in [0, 0.05) is 5.39 Å². The van der Waals surface area contributed by atoms with Gasteiger partial charge in [-0.2, -0.15) is 0 Å². The molecule has 0 aliphatic carbocycles. The van der Waals surface area contributed by atoms with E-state index in [0.717, 1.165) is 16.2 Å². The van der Waals surface area contributed by atoms with Gasteiger partial charge in [-0.1, -0.05) is 24.3 Å². The first-order chi connectivity index (χ1) is 8.70. The van der Waals surface area contributed by atoms with Gasteiger partial charge in [-0.15, -0.1) is 0 Å². The summed E-state index contributed by atoms with van der Waals surface area (Å²) in [5.41, 5.74) is 0.165. The number of aromatic hydroxyl groups is 2. The number of hydrogen-bond acceptors (Lipinski definition) is 3. The van der Waals surface area contributed by atoms with Gasteiger partial charge >= 0.3 is 0 Å². The van der Waals surface area contributed by atoms with Crippen LogP contribution in [0, 0.1) is 0 Å². The standard InChI is InChI=1S/C15H12O3/c16-8-13-14(17)7-11-5-9-3-1-2-4-10(9)6-12(11)15(13)18/h1-7,16-18H,8H2. The first-order valence-electron chi connectivity index (χ1n) is 5.68. The number of aliphatic hydroxyl groups is 1. The van der Waals surface area contributed by atoms with Crippen molar-refractivity contribution >= 4 is 21.5 Å². The van der Waals surface area contributed by atoms with Gasteiger partial charge in [-0.3, -0.25) is 0 Å². The topological polar surface area (TPSA) is 60.7 Å². The normalized spacial score (nSPS) is 11.2. The van der Waals surface area contributed by atoms with E-state index in [4.69, 9.17) is 5.11 Å². The molecule has 0 aliphatic heterocycles. The van der Waals surface area contributed by atoms with Crippen molar-refractivity contribution in [3.8, 4) is 11.5 Å². The first-order valence-corrected chi connectivity index (χ1v) is 5.68. The molecule has 0 atom stereocenters. The van der Waals surface area contributed by atoms with Gasteiger partial charge in [0.15, 0.2) is 0 Å². The summed E-state index contributed by atoms with van der Waals surface area (Å²) < 4.78 is 0. The highest BCUT2D eigenvalue weighted by atomic mass is 16.3. The summed E-state index contributed by atoms with van der Waals surface area (Å²) in [6.45, 7) is -0.388. The summed E-state index contributed by atoms with van der Waals surface area (Å²) in [7, 11) is 0. The van der Waals surface area contributed by atoms with Crippen molar-refractivity contribution in [1.29, 1.82) is 0 Å². The Bertz CT molecular complexity index is 747. The lowest BCUT2D eigenvalue weighted by Crippen LogP contribution is -1.87. The molecule has 3 heteroatoms. The van der Waals surface area contributed by atoms with Gasteiger partial charge in [0.25, 0.3) is 0 Å². The van der Waals surface area contributed by atoms with E-state index in [2.05, 4.69) is 0 Å². The second-order valence-corrected chi connectivity index (χ2v) is 4.30. The zero-order valence-corrected chi connectivity index (χ0v) is 9.59. The molecule has 0 spiro atoms. The van der Waals surface area contributed by atoms with Crippen LogP contribution in [-0.2, 0) is 6.61 Å². The van der Waals surface area contributed by atoms with Crippen LogP contribution < -0.4 is 0 Å². The molecular weight excluding hydrogens is 228 g/mol. The Labute approximate surface area is 104 Å². The van der Waals surface area contributed by atoms with Gasteiger partial charge in [0.1, 0.15) is 11.5 Å². The van der Waals surface area contributed by atoms with E-state index in [1.54, 1.807) is 6.07 Å². The maximum atomic E-state index is 10.1. The third kappa shape index (κ3) is 1.49. The second-order valence-electron chi connectivity index (χ2n) is 4.30. The van der Waals surface area contributed by atoms with Crippen LogP contribution in [0.5, 0.6) is 11.5 Å². The van der Waals surface area contributed by atoms with Gasteiger partial charge in [0.05, 0.1) is 12.2 Å². The molecule has 0 fully saturated rings. The molecule has 0 radical (unpaired) electrons. The van der Waals surface area contributed by atoms with Crippen molar-refractivity contribution in [2.24, 2.45) is 0 Å². The average molecular weight is 240 g/mol. The SMILES string of the molecule is OCc1c(O)cc2cc3ccccc3cc2c1O. The van der Waals surface area contributed by atoms with Crippen LogP contribution in [0.3, 0.4) is 0 Å². The van der Waals surface area contributed by atoms with E-state index < -0.39 is 0 Å². The summed E-state index contributed by atoms with van der Waals surface area (Å²) in [5.74, 6) is -0.143. The molecule has 3 aromatic carbocycles. The summed E-state index contributed by atoms with van der Waals surface area (Å²) in [6, 6.07) is 13.1. The Balaban J connectivity index is 2.47. The molecule has 3 nitrogen and oxygen atoms in total. The number of hydrogen-bond donors (Lipinski definition) is 3. The molecule has 0 saturated heterocycles. The molecule has 0 saturated carbocycles. The summed E-state index contributed by atoms with van der Waals surface area (Å²) >= 11 is 0. The molecule has 90 valence electrons. The van der Waals surface area contributed by atoms with Crippen LogP contribution in [0.2, 0.25) is 0 Å². The van der Waals surface area contributed by atoms with Crippen molar-refractivity contribution in [3.05, 3.63) is 48.0 Å². The third-order valence-corrected chi connectivity index (χ3v) is 3.22. The molecule has 0 aliphatic rings. The number of phenols is 2. The molecule has 0 bridgehead atoms. The highest BCUT2D eigenvalue weighted by molar-refractivity contribution is 6.02. The van der Waals surface area contributed by atoms with E-state index >= 15 is 0 Å². The van der Waals surface area contributed by atoms with Crippen molar-refractivity contribution in [1.82, 2.24) is 0 Å². The lowest BCUT2D eigenvalue weighted by Gasteiger charge is -2.09. The average Bonchev–Trinajstić information content (AvgIpc) is 2.37. The smallest absolute Gasteiger partial charge is 0.132 e. The molecule has 3 aromatic rings. The van der Waals surface area contributed by atoms with Crippen LogP contribution in [0.1, 0.15) is 5.56 Å². The molecule has 0 amide bonds. The molecule has 0 aromatic heterocycles. The van der Waals surface area contributed by atoms with Crippen LogP contribution >= 0.6 is 0 Å². The Morgan fingerprint density at radius 3 is 2.17 bits per heavy atom. The van der Waals surface area contributed by atoms with Crippen molar-refractivity contribution in [3.63, 3.8) is 0 Å². The second kappa shape index (κ2) is 3.89. The molecule has 3 rings (SSSR count). The van der Waals surface area contributed by atoms with E-state index in [9.17, 15) is 10.2 Å². The summed E-state index contributed by atoms with van der Waals surface area (Å²) in [5, 5.41) is 32.4. The fourth-order valence-corrected chi connectivity index (χ4v) is 2.26. The first kappa shape index (κ1) is 10.9. The maximum Gasteiger partial charge on any atom is 0.132 e. The van der Waals surface area contributed by atoms with Crippen LogP contribution in [-0.4, -0.2) is 15.3 Å². The maximum absolute atomic E-state index is 10.1. The minimum atomic E-state index is -0.388. The molecule has 3 N–H and O–H groups in total. The van der Waals surface area contributed by atoms with Gasteiger partial charge in [0.2, 0.25) is 0 Å². The minimum absolute atomic E-state index is 0.0572. The van der Waals surface area contributed by atoms with E-state index in [1.165, 1.54) is 0 Å². The fourth-order valence-electron chi connectivity index (χ4n) is 2.26. The highest BCUT2D eigenvalue weighted by Crippen LogP contribution is 2.37. The molecule has 18 heavy (non-hydrogen) atoms. The molecule has 0 unspecified atom stereocenters. The molecule has 0 heterocycles. The third-order valence-electron chi connectivity index (χ3n) is 3.22. The number of aliphatic hydroxyl groups excluding tert-OH is 1. The van der Waals surface area contributed by atoms with E-state index in [0.29, 0.717) is 5.39 Å². The Kier molecular flexibility index (Phi) is 2.35. The highest BCUT2D eigenvalue weighted by Gasteiger charge is 2.12. The quantitative estimate of drug-likeness (QED) is 0.573. The zero-order valence-electron chi connectivity index (χ0n) is 9.59. The van der Waals surface area contributed by atoms with E-state index in [1.807, 2.05) is 36.4 Å². The van der Waals surface area contributed by atoms with Crippen LogP contribution in [0.15, 0.2) is 42.5 Å². The zero-order chi connectivity index (χ0) is 12.7. The number of rotatable bonds is 1. The van der Waals surface area contributed by atoms with E-state index in [-0.39, 0.29) is 23.7 Å². The molecular formula is C15H12O3. The number of fused-ring (bicyclic) bond motifs is 2. The lowest BCUT2D eigenvalue weighted by atomic mass is 10.00. The van der Waals surface area contributed by atoms with Gasteiger partial charge < -0.3 is 15.3 Å². The van der Waals surface area contributed by atoms with Crippen molar-refractivity contribution < 1.29 is 15.3 Å². The predicted molar refractivity (Wildman–Crippen MR) is 70.7 cm³/mol. The monoisotopic (exact) mass is 240 g/mol. The Hall–Kier alpha value is -2.26. The van der Waals surface area contributed by atoms with Crippen LogP contribution in [0.25, 0.3) is 21.5 Å².